The number of rotatable bonds is 6. The molecule has 22 heavy (non-hydrogen) atoms. The molecule has 1 atom stereocenters. The molecule has 2 aromatic carbocycles. The topological polar surface area (TPSA) is 66.4 Å². The molecule has 0 spiro atoms. The largest absolute Gasteiger partial charge is 0.481 e. The molecule has 2 N–H and O–H groups in total. The van der Waals surface area contributed by atoms with Crippen LogP contribution >= 0.6 is 0 Å². The van der Waals surface area contributed by atoms with E-state index in [0.717, 1.165) is 5.56 Å². The standard InChI is InChI=1S/C17H16FNO3/c18-14-8-6-13(7-9-14)15(11-17(21)22)19-16(20)10-12-4-2-1-3-5-12/h1-9,15H,10-11H2,(H,19,20)(H,21,22)/t15-/m0/s1. The van der Waals surface area contributed by atoms with E-state index in [9.17, 15) is 14.0 Å². The highest BCUT2D eigenvalue weighted by Gasteiger charge is 2.18. The van der Waals surface area contributed by atoms with Gasteiger partial charge in [-0.15, -0.1) is 0 Å². The average Bonchev–Trinajstić information content (AvgIpc) is 2.48. The third-order valence-corrected chi connectivity index (χ3v) is 3.19. The minimum Gasteiger partial charge on any atom is -0.481 e. The Labute approximate surface area is 127 Å². The van der Waals surface area contributed by atoms with Gasteiger partial charge in [0.2, 0.25) is 5.91 Å². The van der Waals surface area contributed by atoms with Gasteiger partial charge in [-0.1, -0.05) is 42.5 Å². The lowest BCUT2D eigenvalue weighted by atomic mass is 10.0. The number of carbonyl (C=O) groups excluding carboxylic acids is 1. The Morgan fingerprint density at radius 2 is 1.68 bits per heavy atom. The van der Waals surface area contributed by atoms with Crippen LogP contribution in [0.4, 0.5) is 4.39 Å². The highest BCUT2D eigenvalue weighted by atomic mass is 19.1. The first kappa shape index (κ1) is 15.7. The maximum Gasteiger partial charge on any atom is 0.305 e. The van der Waals surface area contributed by atoms with Gasteiger partial charge in [0, 0.05) is 0 Å². The molecule has 1 amide bonds. The molecule has 0 saturated carbocycles. The second-order valence-corrected chi connectivity index (χ2v) is 4.93. The molecule has 0 unspecified atom stereocenters. The van der Waals surface area contributed by atoms with Crippen molar-refractivity contribution in [3.05, 3.63) is 71.5 Å². The summed E-state index contributed by atoms with van der Waals surface area (Å²) in [5, 5.41) is 11.7. The fourth-order valence-corrected chi connectivity index (χ4v) is 2.15. The number of halogens is 1. The summed E-state index contributed by atoms with van der Waals surface area (Å²) in [6.07, 6.45) is -0.0929. The van der Waals surface area contributed by atoms with Crippen molar-refractivity contribution in [2.75, 3.05) is 0 Å². The predicted molar refractivity (Wildman–Crippen MR) is 79.7 cm³/mol. The molecule has 0 saturated heterocycles. The Balaban J connectivity index is 2.07. The van der Waals surface area contributed by atoms with Crippen molar-refractivity contribution < 1.29 is 19.1 Å². The highest BCUT2D eigenvalue weighted by molar-refractivity contribution is 5.80. The van der Waals surface area contributed by atoms with Crippen LogP contribution in [0.5, 0.6) is 0 Å². The maximum absolute atomic E-state index is 13.0. The van der Waals surface area contributed by atoms with E-state index in [2.05, 4.69) is 5.32 Å². The third kappa shape index (κ3) is 4.70. The first-order valence-corrected chi connectivity index (χ1v) is 6.85. The molecule has 114 valence electrons. The number of aliphatic carboxylic acids is 1. The minimum atomic E-state index is -1.03. The highest BCUT2D eigenvalue weighted by Crippen LogP contribution is 2.17. The van der Waals surface area contributed by atoms with Gasteiger partial charge in [-0.05, 0) is 23.3 Å². The first-order chi connectivity index (χ1) is 10.5. The van der Waals surface area contributed by atoms with Crippen molar-refractivity contribution in [2.24, 2.45) is 0 Å². The van der Waals surface area contributed by atoms with E-state index in [-0.39, 0.29) is 18.7 Å². The van der Waals surface area contributed by atoms with Gasteiger partial charge in [0.05, 0.1) is 18.9 Å². The van der Waals surface area contributed by atoms with E-state index in [1.54, 1.807) is 0 Å². The Kier molecular flexibility index (Phi) is 5.25. The summed E-state index contributed by atoms with van der Waals surface area (Å²) in [7, 11) is 0. The van der Waals surface area contributed by atoms with Gasteiger partial charge in [0.25, 0.3) is 0 Å². The van der Waals surface area contributed by atoms with Crippen LogP contribution in [0, 0.1) is 5.82 Å². The number of nitrogens with one attached hydrogen (secondary N) is 1. The molecule has 0 aliphatic heterocycles. The van der Waals surface area contributed by atoms with E-state index >= 15 is 0 Å². The molecular formula is C17H16FNO3. The lowest BCUT2D eigenvalue weighted by molar-refractivity contribution is -0.137. The van der Waals surface area contributed by atoms with E-state index < -0.39 is 17.8 Å². The van der Waals surface area contributed by atoms with Crippen molar-refractivity contribution in [3.63, 3.8) is 0 Å². The van der Waals surface area contributed by atoms with Gasteiger partial charge in [-0.3, -0.25) is 9.59 Å². The molecule has 4 nitrogen and oxygen atoms in total. The summed E-state index contributed by atoms with van der Waals surface area (Å²) < 4.78 is 13.0. The van der Waals surface area contributed by atoms with Crippen LogP contribution in [-0.4, -0.2) is 17.0 Å². The summed E-state index contributed by atoms with van der Waals surface area (Å²) in [6.45, 7) is 0. The molecule has 0 bridgehead atoms. The van der Waals surface area contributed by atoms with Crippen molar-refractivity contribution in [2.45, 2.75) is 18.9 Å². The van der Waals surface area contributed by atoms with Gasteiger partial charge in [-0.25, -0.2) is 4.39 Å². The molecule has 0 aliphatic rings. The summed E-state index contributed by atoms with van der Waals surface area (Å²) in [5.74, 6) is -1.72. The van der Waals surface area contributed by atoms with E-state index in [0.29, 0.717) is 5.56 Å². The Morgan fingerprint density at radius 3 is 2.27 bits per heavy atom. The first-order valence-electron chi connectivity index (χ1n) is 6.85. The monoisotopic (exact) mass is 301 g/mol. The number of carbonyl (C=O) groups is 2. The lowest BCUT2D eigenvalue weighted by Gasteiger charge is -2.17. The Morgan fingerprint density at radius 1 is 1.05 bits per heavy atom. The van der Waals surface area contributed by atoms with Crippen LogP contribution in [-0.2, 0) is 16.0 Å². The molecule has 0 radical (unpaired) electrons. The van der Waals surface area contributed by atoms with E-state index in [1.807, 2.05) is 30.3 Å². The SMILES string of the molecule is O=C(O)C[C@H](NC(=O)Cc1ccccc1)c1ccc(F)cc1. The normalized spacial score (nSPS) is 11.7. The van der Waals surface area contributed by atoms with Crippen molar-refractivity contribution in [1.29, 1.82) is 0 Å². The average molecular weight is 301 g/mol. The quantitative estimate of drug-likeness (QED) is 0.862. The molecule has 0 fully saturated rings. The molecule has 2 rings (SSSR count). The molecule has 2 aromatic rings. The van der Waals surface area contributed by atoms with Crippen LogP contribution < -0.4 is 5.32 Å². The van der Waals surface area contributed by atoms with Crippen molar-refractivity contribution >= 4 is 11.9 Å². The summed E-state index contributed by atoms with van der Waals surface area (Å²) in [5.41, 5.74) is 1.40. The van der Waals surface area contributed by atoms with Gasteiger partial charge in [0.1, 0.15) is 5.82 Å². The molecule has 0 aliphatic carbocycles. The summed E-state index contributed by atoms with van der Waals surface area (Å²) in [4.78, 5) is 23.0. The molecule has 0 aromatic heterocycles. The van der Waals surface area contributed by atoms with Gasteiger partial charge in [-0.2, -0.15) is 0 Å². The second-order valence-electron chi connectivity index (χ2n) is 4.93. The molecule has 0 heterocycles. The van der Waals surface area contributed by atoms with Crippen LogP contribution in [0.1, 0.15) is 23.6 Å². The minimum absolute atomic E-state index is 0.165. The van der Waals surface area contributed by atoms with Crippen molar-refractivity contribution in [3.8, 4) is 0 Å². The number of amides is 1. The number of hydrogen-bond donors (Lipinski definition) is 2. The van der Waals surface area contributed by atoms with Crippen LogP contribution in [0.3, 0.4) is 0 Å². The maximum atomic E-state index is 13.0. The van der Waals surface area contributed by atoms with Gasteiger partial charge in [0.15, 0.2) is 0 Å². The summed E-state index contributed by atoms with van der Waals surface area (Å²) >= 11 is 0. The van der Waals surface area contributed by atoms with E-state index in [1.165, 1.54) is 24.3 Å². The second kappa shape index (κ2) is 7.36. The van der Waals surface area contributed by atoms with Crippen LogP contribution in [0.25, 0.3) is 0 Å². The summed E-state index contributed by atoms with van der Waals surface area (Å²) in [6, 6.07) is 13.9. The Hall–Kier alpha value is -2.69. The van der Waals surface area contributed by atoms with E-state index in [4.69, 9.17) is 5.11 Å². The van der Waals surface area contributed by atoms with Gasteiger partial charge >= 0.3 is 5.97 Å². The zero-order valence-electron chi connectivity index (χ0n) is 11.8. The van der Waals surface area contributed by atoms with Crippen LogP contribution in [0.2, 0.25) is 0 Å². The number of benzene rings is 2. The number of carboxylic acid groups (broad SMARTS) is 1. The number of hydrogen-bond acceptors (Lipinski definition) is 2. The smallest absolute Gasteiger partial charge is 0.305 e. The molecule has 5 heteroatoms. The Bertz CT molecular complexity index is 641. The number of carboxylic acids is 1. The fraction of sp³-hybridized carbons (Fsp3) is 0.176. The zero-order chi connectivity index (χ0) is 15.9. The third-order valence-electron chi connectivity index (χ3n) is 3.19. The fourth-order valence-electron chi connectivity index (χ4n) is 2.15. The lowest BCUT2D eigenvalue weighted by Crippen LogP contribution is -2.31. The van der Waals surface area contributed by atoms with Crippen LogP contribution in [0.15, 0.2) is 54.6 Å². The predicted octanol–water partition coefficient (Wildman–Crippen LogP) is 2.70. The molecular weight excluding hydrogens is 285 g/mol. The zero-order valence-corrected chi connectivity index (χ0v) is 11.8. The van der Waals surface area contributed by atoms with Crippen molar-refractivity contribution in [1.82, 2.24) is 5.32 Å². The van der Waals surface area contributed by atoms with Gasteiger partial charge < -0.3 is 10.4 Å².